The van der Waals surface area contributed by atoms with Crippen molar-refractivity contribution in [3.05, 3.63) is 29.8 Å². The smallest absolute Gasteiger partial charge is 0.307 e. The Balaban J connectivity index is 1.65. The van der Waals surface area contributed by atoms with E-state index in [4.69, 9.17) is 5.11 Å². The van der Waals surface area contributed by atoms with E-state index in [1.165, 1.54) is 0 Å². The molecule has 6 nitrogen and oxygen atoms in total. The highest BCUT2D eigenvalue weighted by Crippen LogP contribution is 2.28. The summed E-state index contributed by atoms with van der Waals surface area (Å²) in [6, 6.07) is 6.73. The van der Waals surface area contributed by atoms with Crippen molar-refractivity contribution in [2.24, 2.45) is 5.92 Å². The standard InChI is InChI=1S/C16H20N2O4/c19-14(2-1-9-17-16(22)12-5-6-12)18-13-7-3-11(4-8-13)10-15(20)21/h3-4,7-8,12H,1-2,5-6,9-10H2,(H,17,22)(H,18,19)(H,20,21). The second-order valence-corrected chi connectivity index (χ2v) is 5.48. The van der Waals surface area contributed by atoms with E-state index in [1.807, 2.05) is 0 Å². The second-order valence-electron chi connectivity index (χ2n) is 5.48. The van der Waals surface area contributed by atoms with Crippen LogP contribution >= 0.6 is 0 Å². The largest absolute Gasteiger partial charge is 0.481 e. The highest BCUT2D eigenvalue weighted by Gasteiger charge is 2.28. The molecule has 1 aromatic carbocycles. The summed E-state index contributed by atoms with van der Waals surface area (Å²) in [4.78, 5) is 33.7. The minimum atomic E-state index is -0.884. The molecule has 0 heterocycles. The van der Waals surface area contributed by atoms with Crippen molar-refractivity contribution in [1.82, 2.24) is 5.32 Å². The maximum absolute atomic E-state index is 11.7. The van der Waals surface area contributed by atoms with Gasteiger partial charge in [-0.15, -0.1) is 0 Å². The van der Waals surface area contributed by atoms with E-state index in [2.05, 4.69) is 10.6 Å². The minimum absolute atomic E-state index is 0.0328. The third-order valence-electron chi connectivity index (χ3n) is 3.42. The Bertz CT molecular complexity index is 550. The first-order chi connectivity index (χ1) is 10.5. The molecule has 0 atom stereocenters. The third-order valence-corrected chi connectivity index (χ3v) is 3.42. The zero-order valence-electron chi connectivity index (χ0n) is 12.3. The Morgan fingerprint density at radius 2 is 1.82 bits per heavy atom. The highest BCUT2D eigenvalue weighted by atomic mass is 16.4. The Kier molecular flexibility index (Phi) is 5.52. The summed E-state index contributed by atoms with van der Waals surface area (Å²) in [6.07, 6.45) is 2.85. The molecule has 2 amide bonds. The van der Waals surface area contributed by atoms with Crippen molar-refractivity contribution in [2.75, 3.05) is 11.9 Å². The van der Waals surface area contributed by atoms with Gasteiger partial charge in [0.1, 0.15) is 0 Å². The van der Waals surface area contributed by atoms with Gasteiger partial charge in [0.15, 0.2) is 0 Å². The number of aliphatic carboxylic acids is 1. The van der Waals surface area contributed by atoms with Crippen LogP contribution in [0.5, 0.6) is 0 Å². The first-order valence-corrected chi connectivity index (χ1v) is 7.43. The molecule has 22 heavy (non-hydrogen) atoms. The van der Waals surface area contributed by atoms with Crippen LogP contribution in [0.3, 0.4) is 0 Å². The molecule has 3 N–H and O–H groups in total. The molecule has 118 valence electrons. The molecule has 1 fully saturated rings. The number of carbonyl (C=O) groups excluding carboxylic acids is 2. The maximum atomic E-state index is 11.7. The Morgan fingerprint density at radius 1 is 1.14 bits per heavy atom. The van der Waals surface area contributed by atoms with E-state index in [-0.39, 0.29) is 24.2 Å². The van der Waals surface area contributed by atoms with Crippen molar-refractivity contribution in [1.29, 1.82) is 0 Å². The van der Waals surface area contributed by atoms with Crippen LogP contribution in [0.4, 0.5) is 5.69 Å². The zero-order valence-corrected chi connectivity index (χ0v) is 12.3. The molecular weight excluding hydrogens is 284 g/mol. The van der Waals surface area contributed by atoms with Crippen molar-refractivity contribution < 1.29 is 19.5 Å². The summed E-state index contributed by atoms with van der Waals surface area (Å²) in [5, 5.41) is 14.2. The number of rotatable bonds is 8. The predicted molar refractivity (Wildman–Crippen MR) is 81.4 cm³/mol. The summed E-state index contributed by atoms with van der Waals surface area (Å²) < 4.78 is 0. The Labute approximate surface area is 128 Å². The van der Waals surface area contributed by atoms with E-state index < -0.39 is 5.97 Å². The van der Waals surface area contributed by atoms with Crippen LogP contribution in [-0.2, 0) is 20.8 Å². The third kappa shape index (κ3) is 5.55. The number of carboxylic acids is 1. The topological polar surface area (TPSA) is 95.5 Å². The maximum Gasteiger partial charge on any atom is 0.307 e. The lowest BCUT2D eigenvalue weighted by atomic mass is 10.1. The van der Waals surface area contributed by atoms with Crippen molar-refractivity contribution in [3.63, 3.8) is 0 Å². The molecule has 2 rings (SSSR count). The first-order valence-electron chi connectivity index (χ1n) is 7.43. The molecule has 0 radical (unpaired) electrons. The molecule has 0 unspecified atom stereocenters. The van der Waals surface area contributed by atoms with Crippen LogP contribution in [0.2, 0.25) is 0 Å². The van der Waals surface area contributed by atoms with Gasteiger partial charge >= 0.3 is 5.97 Å². The van der Waals surface area contributed by atoms with E-state index >= 15 is 0 Å². The van der Waals surface area contributed by atoms with Crippen LogP contribution in [0.1, 0.15) is 31.2 Å². The Hall–Kier alpha value is -2.37. The van der Waals surface area contributed by atoms with Gasteiger partial charge in [-0.2, -0.15) is 0 Å². The lowest BCUT2D eigenvalue weighted by Crippen LogP contribution is -2.26. The lowest BCUT2D eigenvalue weighted by molar-refractivity contribution is -0.136. The van der Waals surface area contributed by atoms with Gasteiger partial charge in [-0.05, 0) is 37.0 Å². The molecule has 0 aliphatic heterocycles. The number of carboxylic acid groups (broad SMARTS) is 1. The fourth-order valence-corrected chi connectivity index (χ4v) is 2.05. The van der Waals surface area contributed by atoms with Crippen LogP contribution < -0.4 is 10.6 Å². The average Bonchev–Trinajstić information content (AvgIpc) is 3.29. The SMILES string of the molecule is O=C(O)Cc1ccc(NC(=O)CCCNC(=O)C2CC2)cc1. The lowest BCUT2D eigenvalue weighted by Gasteiger charge is -2.07. The molecule has 0 spiro atoms. The van der Waals surface area contributed by atoms with Gasteiger partial charge in [-0.1, -0.05) is 12.1 Å². The molecule has 1 aromatic rings. The number of carbonyl (C=O) groups is 3. The fourth-order valence-electron chi connectivity index (χ4n) is 2.05. The van der Waals surface area contributed by atoms with Gasteiger partial charge in [0, 0.05) is 24.6 Å². The molecule has 1 saturated carbocycles. The van der Waals surface area contributed by atoms with E-state index in [1.54, 1.807) is 24.3 Å². The quantitative estimate of drug-likeness (QED) is 0.635. The normalized spacial score (nSPS) is 13.5. The number of benzene rings is 1. The van der Waals surface area contributed by atoms with Crippen molar-refractivity contribution in [3.8, 4) is 0 Å². The molecule has 0 saturated heterocycles. The summed E-state index contributed by atoms with van der Waals surface area (Å²) in [5.41, 5.74) is 1.33. The van der Waals surface area contributed by atoms with Gasteiger partial charge in [0.05, 0.1) is 6.42 Å². The first kappa shape index (κ1) is 16.0. The molecule has 6 heteroatoms. The van der Waals surface area contributed by atoms with E-state index in [9.17, 15) is 14.4 Å². The molecule has 1 aliphatic rings. The summed E-state index contributed by atoms with van der Waals surface area (Å²) >= 11 is 0. The fraction of sp³-hybridized carbons (Fsp3) is 0.438. The van der Waals surface area contributed by atoms with Gasteiger partial charge in [-0.25, -0.2) is 0 Å². The van der Waals surface area contributed by atoms with Crippen LogP contribution in [0.15, 0.2) is 24.3 Å². The minimum Gasteiger partial charge on any atom is -0.481 e. The number of amides is 2. The average molecular weight is 304 g/mol. The van der Waals surface area contributed by atoms with Crippen molar-refractivity contribution in [2.45, 2.75) is 32.1 Å². The van der Waals surface area contributed by atoms with Gasteiger partial charge < -0.3 is 15.7 Å². The number of hydrogen-bond acceptors (Lipinski definition) is 3. The van der Waals surface area contributed by atoms with Gasteiger partial charge in [-0.3, -0.25) is 14.4 Å². The molecule has 0 bridgehead atoms. The Morgan fingerprint density at radius 3 is 2.41 bits per heavy atom. The van der Waals surface area contributed by atoms with Gasteiger partial charge in [0.25, 0.3) is 0 Å². The summed E-state index contributed by atoms with van der Waals surface area (Å²) in [6.45, 7) is 0.514. The van der Waals surface area contributed by atoms with Gasteiger partial charge in [0.2, 0.25) is 11.8 Å². The number of hydrogen-bond donors (Lipinski definition) is 3. The molecular formula is C16H20N2O4. The van der Waals surface area contributed by atoms with Crippen molar-refractivity contribution >= 4 is 23.5 Å². The zero-order chi connectivity index (χ0) is 15.9. The molecule has 1 aliphatic carbocycles. The van der Waals surface area contributed by atoms with E-state index in [0.717, 1.165) is 12.8 Å². The van der Waals surface area contributed by atoms with Crippen LogP contribution in [-0.4, -0.2) is 29.4 Å². The molecule has 0 aromatic heterocycles. The van der Waals surface area contributed by atoms with Crippen LogP contribution in [0, 0.1) is 5.92 Å². The van der Waals surface area contributed by atoms with E-state index in [0.29, 0.717) is 30.6 Å². The predicted octanol–water partition coefficient (Wildman–Crippen LogP) is 1.56. The number of nitrogens with one attached hydrogen (secondary N) is 2. The monoisotopic (exact) mass is 304 g/mol. The highest BCUT2D eigenvalue weighted by molar-refractivity contribution is 5.90. The summed E-state index contributed by atoms with van der Waals surface area (Å²) in [5.74, 6) is -0.718. The second kappa shape index (κ2) is 7.59. The number of anilines is 1. The summed E-state index contributed by atoms with van der Waals surface area (Å²) in [7, 11) is 0. The van der Waals surface area contributed by atoms with Crippen LogP contribution in [0.25, 0.3) is 0 Å².